The molecule has 6 nitrogen and oxygen atoms in total. The lowest BCUT2D eigenvalue weighted by atomic mass is 10.0. The molecule has 1 rings (SSSR count). The molecule has 1 atom stereocenters. The van der Waals surface area contributed by atoms with Gasteiger partial charge in [-0.25, -0.2) is 4.79 Å². The molecule has 1 unspecified atom stereocenters. The SMILES string of the molecule is CCC(CNC(=O)N1CC=C(COC)CC1)CC(=O)O. The lowest BCUT2D eigenvalue weighted by Gasteiger charge is -2.27. The van der Waals surface area contributed by atoms with Crippen LogP contribution in [0.4, 0.5) is 4.79 Å². The summed E-state index contributed by atoms with van der Waals surface area (Å²) in [5, 5.41) is 11.6. The number of rotatable bonds is 7. The first kappa shape index (κ1) is 16.5. The van der Waals surface area contributed by atoms with Gasteiger partial charge >= 0.3 is 12.0 Å². The van der Waals surface area contributed by atoms with Crippen molar-refractivity contribution in [2.75, 3.05) is 33.4 Å². The zero-order chi connectivity index (χ0) is 15.0. The molecule has 0 aliphatic carbocycles. The Labute approximate surface area is 119 Å². The van der Waals surface area contributed by atoms with Crippen LogP contribution < -0.4 is 5.32 Å². The van der Waals surface area contributed by atoms with E-state index < -0.39 is 5.97 Å². The van der Waals surface area contributed by atoms with Gasteiger partial charge in [0.1, 0.15) is 0 Å². The summed E-state index contributed by atoms with van der Waals surface area (Å²) in [4.78, 5) is 24.4. The van der Waals surface area contributed by atoms with Crippen LogP contribution >= 0.6 is 0 Å². The monoisotopic (exact) mass is 284 g/mol. The van der Waals surface area contributed by atoms with Gasteiger partial charge in [0.25, 0.3) is 0 Å². The summed E-state index contributed by atoms with van der Waals surface area (Å²) in [5.74, 6) is -0.836. The van der Waals surface area contributed by atoms with Gasteiger partial charge < -0.3 is 20.1 Å². The highest BCUT2D eigenvalue weighted by atomic mass is 16.5. The highest BCUT2D eigenvalue weighted by Crippen LogP contribution is 2.11. The van der Waals surface area contributed by atoms with E-state index in [2.05, 4.69) is 5.32 Å². The molecule has 1 aliphatic heterocycles. The van der Waals surface area contributed by atoms with Crippen molar-refractivity contribution in [3.63, 3.8) is 0 Å². The van der Waals surface area contributed by atoms with Crippen LogP contribution in [0, 0.1) is 5.92 Å². The number of carboxylic acid groups (broad SMARTS) is 1. The van der Waals surface area contributed by atoms with Gasteiger partial charge in [-0.2, -0.15) is 0 Å². The molecule has 0 saturated carbocycles. The van der Waals surface area contributed by atoms with Crippen LogP contribution in [0.15, 0.2) is 11.6 Å². The van der Waals surface area contributed by atoms with Crippen LogP contribution in [0.5, 0.6) is 0 Å². The molecule has 0 saturated heterocycles. The number of aliphatic carboxylic acids is 1. The van der Waals surface area contributed by atoms with E-state index in [0.717, 1.165) is 12.8 Å². The van der Waals surface area contributed by atoms with E-state index in [4.69, 9.17) is 9.84 Å². The van der Waals surface area contributed by atoms with Gasteiger partial charge in [-0.15, -0.1) is 0 Å². The van der Waals surface area contributed by atoms with Gasteiger partial charge in [0.15, 0.2) is 0 Å². The van der Waals surface area contributed by atoms with Gasteiger partial charge in [0.2, 0.25) is 0 Å². The summed E-state index contributed by atoms with van der Waals surface area (Å²) in [6, 6.07) is -0.124. The summed E-state index contributed by atoms with van der Waals surface area (Å²) in [7, 11) is 1.66. The van der Waals surface area contributed by atoms with Crippen LogP contribution in [0.25, 0.3) is 0 Å². The second-order valence-electron chi connectivity index (χ2n) is 5.05. The molecule has 114 valence electrons. The number of urea groups is 1. The molecule has 0 aromatic heterocycles. The number of amides is 2. The highest BCUT2D eigenvalue weighted by Gasteiger charge is 2.18. The Morgan fingerprint density at radius 3 is 2.80 bits per heavy atom. The predicted octanol–water partition coefficient (Wildman–Crippen LogP) is 1.48. The third-order valence-electron chi connectivity index (χ3n) is 3.50. The lowest BCUT2D eigenvalue weighted by molar-refractivity contribution is -0.138. The first-order valence-corrected chi connectivity index (χ1v) is 6.98. The van der Waals surface area contributed by atoms with Gasteiger partial charge in [0, 0.05) is 33.2 Å². The van der Waals surface area contributed by atoms with Crippen LogP contribution in [0.3, 0.4) is 0 Å². The summed E-state index contributed by atoms with van der Waals surface area (Å²) >= 11 is 0. The van der Waals surface area contributed by atoms with Gasteiger partial charge in [-0.1, -0.05) is 19.4 Å². The molecule has 20 heavy (non-hydrogen) atoms. The number of hydrogen-bond donors (Lipinski definition) is 2. The zero-order valence-corrected chi connectivity index (χ0v) is 12.2. The van der Waals surface area contributed by atoms with E-state index in [0.29, 0.717) is 26.2 Å². The van der Waals surface area contributed by atoms with Crippen LogP contribution in [0.2, 0.25) is 0 Å². The molecular weight excluding hydrogens is 260 g/mol. The molecule has 2 N–H and O–H groups in total. The fourth-order valence-electron chi connectivity index (χ4n) is 2.16. The van der Waals surface area contributed by atoms with Crippen LogP contribution in [0.1, 0.15) is 26.2 Å². The molecule has 0 bridgehead atoms. The van der Waals surface area contributed by atoms with Crippen LogP contribution in [-0.4, -0.2) is 55.4 Å². The van der Waals surface area contributed by atoms with Crippen molar-refractivity contribution < 1.29 is 19.4 Å². The van der Waals surface area contributed by atoms with E-state index in [1.54, 1.807) is 12.0 Å². The number of ether oxygens (including phenoxy) is 1. The number of carboxylic acids is 1. The second kappa shape index (κ2) is 8.58. The maximum absolute atomic E-state index is 12.0. The fraction of sp³-hybridized carbons (Fsp3) is 0.714. The Morgan fingerprint density at radius 2 is 2.30 bits per heavy atom. The van der Waals surface area contributed by atoms with Crippen molar-refractivity contribution in [1.82, 2.24) is 10.2 Å². The second-order valence-corrected chi connectivity index (χ2v) is 5.05. The fourth-order valence-corrected chi connectivity index (χ4v) is 2.16. The number of carbonyl (C=O) groups is 2. The van der Waals surface area contributed by atoms with E-state index in [1.807, 2.05) is 13.0 Å². The summed E-state index contributed by atoms with van der Waals surface area (Å²) < 4.78 is 5.06. The Kier molecular flexibility index (Phi) is 7.08. The van der Waals surface area contributed by atoms with Crippen LogP contribution in [-0.2, 0) is 9.53 Å². The first-order chi connectivity index (χ1) is 9.56. The van der Waals surface area contributed by atoms with Crippen molar-refractivity contribution in [3.05, 3.63) is 11.6 Å². The summed E-state index contributed by atoms with van der Waals surface area (Å²) in [5.41, 5.74) is 1.22. The first-order valence-electron chi connectivity index (χ1n) is 6.98. The minimum Gasteiger partial charge on any atom is -0.481 e. The summed E-state index contributed by atoms with van der Waals surface area (Å²) in [6.07, 6.45) is 3.67. The van der Waals surface area contributed by atoms with Crippen molar-refractivity contribution in [1.29, 1.82) is 0 Å². The maximum Gasteiger partial charge on any atom is 0.317 e. The summed E-state index contributed by atoms with van der Waals surface area (Å²) in [6.45, 7) is 4.22. The zero-order valence-electron chi connectivity index (χ0n) is 12.2. The molecule has 0 aromatic carbocycles. The average molecular weight is 284 g/mol. The molecule has 2 amide bonds. The Bertz CT molecular complexity index is 368. The van der Waals surface area contributed by atoms with Crippen molar-refractivity contribution >= 4 is 12.0 Å². The van der Waals surface area contributed by atoms with E-state index in [9.17, 15) is 9.59 Å². The molecule has 0 spiro atoms. The molecule has 1 heterocycles. The topological polar surface area (TPSA) is 78.9 Å². The smallest absolute Gasteiger partial charge is 0.317 e. The third kappa shape index (κ3) is 5.61. The molecule has 0 fully saturated rings. The average Bonchev–Trinajstić information content (AvgIpc) is 2.44. The van der Waals surface area contributed by atoms with E-state index in [1.165, 1.54) is 5.57 Å². The Balaban J connectivity index is 2.35. The Morgan fingerprint density at radius 1 is 1.55 bits per heavy atom. The number of nitrogens with one attached hydrogen (secondary N) is 1. The minimum absolute atomic E-state index is 0.0131. The molecule has 6 heteroatoms. The van der Waals surface area contributed by atoms with Crippen molar-refractivity contribution in [3.8, 4) is 0 Å². The van der Waals surface area contributed by atoms with Gasteiger partial charge in [-0.05, 0) is 17.9 Å². The lowest BCUT2D eigenvalue weighted by Crippen LogP contribution is -2.44. The molecule has 0 radical (unpaired) electrons. The number of carbonyl (C=O) groups excluding carboxylic acids is 1. The minimum atomic E-state index is -0.823. The molecular formula is C14H24N2O4. The quantitative estimate of drug-likeness (QED) is 0.694. The Hall–Kier alpha value is -1.56. The molecule has 1 aliphatic rings. The number of nitrogens with zero attached hydrogens (tertiary/aromatic N) is 1. The number of hydrogen-bond acceptors (Lipinski definition) is 3. The van der Waals surface area contributed by atoms with E-state index in [-0.39, 0.29) is 18.4 Å². The third-order valence-corrected chi connectivity index (χ3v) is 3.50. The van der Waals surface area contributed by atoms with Gasteiger partial charge in [-0.3, -0.25) is 4.79 Å². The maximum atomic E-state index is 12.0. The highest BCUT2D eigenvalue weighted by molar-refractivity contribution is 5.74. The number of methoxy groups -OCH3 is 1. The van der Waals surface area contributed by atoms with Crippen molar-refractivity contribution in [2.24, 2.45) is 5.92 Å². The van der Waals surface area contributed by atoms with Gasteiger partial charge in [0.05, 0.1) is 6.61 Å². The standard InChI is InChI=1S/C14H24N2O4/c1-3-11(8-13(17)18)9-15-14(19)16-6-4-12(5-7-16)10-20-2/h4,11H,3,5-10H2,1-2H3,(H,15,19)(H,17,18). The predicted molar refractivity (Wildman–Crippen MR) is 75.6 cm³/mol. The van der Waals surface area contributed by atoms with E-state index >= 15 is 0 Å². The largest absolute Gasteiger partial charge is 0.481 e. The van der Waals surface area contributed by atoms with Crippen molar-refractivity contribution in [2.45, 2.75) is 26.2 Å². The molecule has 0 aromatic rings. The normalized spacial score (nSPS) is 16.5.